The quantitative estimate of drug-likeness (QED) is 0.601. The number of amides is 1. The van der Waals surface area contributed by atoms with E-state index in [0.29, 0.717) is 16.3 Å². The second kappa shape index (κ2) is 9.28. The van der Waals surface area contributed by atoms with Crippen molar-refractivity contribution in [2.45, 2.75) is 25.3 Å². The number of hydrogen-bond acceptors (Lipinski definition) is 4. The van der Waals surface area contributed by atoms with Gasteiger partial charge in [-0.05, 0) is 61.4 Å². The molecule has 3 rings (SSSR count). The highest BCUT2D eigenvalue weighted by atomic mass is 35.5. The number of halogens is 1. The summed E-state index contributed by atoms with van der Waals surface area (Å²) in [6.45, 7) is 3.53. The van der Waals surface area contributed by atoms with Crippen LogP contribution in [0.25, 0.3) is 0 Å². The molecule has 0 aliphatic carbocycles. The fraction of sp³-hybridized carbons (Fsp3) is 0.182. The summed E-state index contributed by atoms with van der Waals surface area (Å²) in [4.78, 5) is 16.8. The van der Waals surface area contributed by atoms with Crippen molar-refractivity contribution >= 4 is 33.2 Å². The minimum atomic E-state index is -3.97. The second-order valence-electron chi connectivity index (χ2n) is 6.89. The van der Waals surface area contributed by atoms with Gasteiger partial charge < -0.3 is 5.32 Å². The first-order valence-corrected chi connectivity index (χ1v) is 11.1. The number of benzene rings is 2. The normalized spacial score (nSPS) is 11.2. The van der Waals surface area contributed by atoms with E-state index in [0.717, 1.165) is 15.4 Å². The van der Waals surface area contributed by atoms with Gasteiger partial charge in [-0.1, -0.05) is 35.4 Å². The van der Waals surface area contributed by atoms with E-state index in [1.54, 1.807) is 55.7 Å². The van der Waals surface area contributed by atoms with Crippen LogP contribution in [0.2, 0.25) is 5.02 Å². The van der Waals surface area contributed by atoms with E-state index in [-0.39, 0.29) is 18.0 Å². The van der Waals surface area contributed by atoms with Crippen molar-refractivity contribution in [3.63, 3.8) is 0 Å². The van der Waals surface area contributed by atoms with Crippen molar-refractivity contribution in [2.24, 2.45) is 0 Å². The summed E-state index contributed by atoms with van der Waals surface area (Å²) in [6, 6.07) is 15.0. The van der Waals surface area contributed by atoms with Crippen LogP contribution in [-0.4, -0.2) is 25.9 Å². The van der Waals surface area contributed by atoms with Crippen molar-refractivity contribution < 1.29 is 13.2 Å². The molecule has 30 heavy (non-hydrogen) atoms. The van der Waals surface area contributed by atoms with Crippen LogP contribution in [0.3, 0.4) is 0 Å². The highest BCUT2D eigenvalue weighted by Gasteiger charge is 2.28. The largest absolute Gasteiger partial charge is 0.350 e. The van der Waals surface area contributed by atoms with Gasteiger partial charge in [-0.2, -0.15) is 0 Å². The molecule has 8 heteroatoms. The van der Waals surface area contributed by atoms with E-state index < -0.39 is 15.9 Å². The molecule has 0 spiro atoms. The van der Waals surface area contributed by atoms with Crippen LogP contribution in [-0.2, 0) is 21.4 Å². The number of aromatic nitrogens is 1. The maximum absolute atomic E-state index is 13.4. The van der Waals surface area contributed by atoms with Crippen LogP contribution in [0.5, 0.6) is 0 Å². The summed E-state index contributed by atoms with van der Waals surface area (Å²) in [7, 11) is -3.97. The maximum Gasteiger partial charge on any atom is 0.264 e. The lowest BCUT2D eigenvalue weighted by Crippen LogP contribution is -2.41. The molecule has 1 heterocycles. The molecule has 0 aliphatic heterocycles. The highest BCUT2D eigenvalue weighted by molar-refractivity contribution is 7.92. The maximum atomic E-state index is 13.4. The van der Waals surface area contributed by atoms with E-state index in [1.165, 1.54) is 12.1 Å². The minimum absolute atomic E-state index is 0.113. The number of pyridine rings is 1. The molecule has 0 saturated carbocycles. The molecule has 0 atom stereocenters. The van der Waals surface area contributed by atoms with Gasteiger partial charge in [0.05, 0.1) is 10.6 Å². The SMILES string of the molecule is Cc1ccc(S(=O)(=O)N(CC(=O)NCc2cccnc2)c2ccc(Cl)cc2C)cc1. The zero-order valence-corrected chi connectivity index (χ0v) is 18.2. The van der Waals surface area contributed by atoms with E-state index in [4.69, 9.17) is 11.6 Å². The number of carbonyl (C=O) groups is 1. The standard InChI is InChI=1S/C22H22ClN3O3S/c1-16-5-8-20(9-6-16)30(28,29)26(21-10-7-19(23)12-17(21)2)15-22(27)25-14-18-4-3-11-24-13-18/h3-13H,14-15H2,1-2H3,(H,25,27). The molecule has 6 nitrogen and oxygen atoms in total. The van der Waals surface area contributed by atoms with E-state index in [9.17, 15) is 13.2 Å². The Labute approximate surface area is 181 Å². The van der Waals surface area contributed by atoms with Crippen molar-refractivity contribution in [1.82, 2.24) is 10.3 Å². The average Bonchev–Trinajstić information content (AvgIpc) is 2.72. The third-order valence-electron chi connectivity index (χ3n) is 4.54. The predicted octanol–water partition coefficient (Wildman–Crippen LogP) is 3.86. The molecule has 1 aromatic heterocycles. The molecular weight excluding hydrogens is 422 g/mol. The van der Waals surface area contributed by atoms with E-state index >= 15 is 0 Å². The first-order valence-electron chi connectivity index (χ1n) is 9.28. The molecule has 0 unspecified atom stereocenters. The first-order chi connectivity index (χ1) is 14.3. The Morgan fingerprint density at radius 3 is 2.47 bits per heavy atom. The molecule has 0 radical (unpaired) electrons. The number of carbonyl (C=O) groups excluding carboxylic acids is 1. The van der Waals surface area contributed by atoms with Gasteiger partial charge in [0.15, 0.2) is 0 Å². The second-order valence-corrected chi connectivity index (χ2v) is 9.19. The van der Waals surface area contributed by atoms with Crippen LogP contribution in [0, 0.1) is 13.8 Å². The number of nitrogens with zero attached hydrogens (tertiary/aromatic N) is 2. The van der Waals surface area contributed by atoms with Crippen molar-refractivity contribution in [1.29, 1.82) is 0 Å². The molecule has 0 bridgehead atoms. The smallest absolute Gasteiger partial charge is 0.264 e. The lowest BCUT2D eigenvalue weighted by molar-refractivity contribution is -0.119. The number of hydrogen-bond donors (Lipinski definition) is 1. The van der Waals surface area contributed by atoms with Crippen LogP contribution in [0.15, 0.2) is 71.9 Å². The van der Waals surface area contributed by atoms with Crippen molar-refractivity contribution in [3.8, 4) is 0 Å². The molecule has 0 fully saturated rings. The minimum Gasteiger partial charge on any atom is -0.350 e. The zero-order chi connectivity index (χ0) is 21.7. The van der Waals surface area contributed by atoms with Crippen LogP contribution in [0.4, 0.5) is 5.69 Å². The molecule has 1 amide bonds. The Kier molecular flexibility index (Phi) is 6.74. The molecule has 2 aromatic carbocycles. The van der Waals surface area contributed by atoms with E-state index in [2.05, 4.69) is 10.3 Å². The van der Waals surface area contributed by atoms with Gasteiger partial charge in [0.2, 0.25) is 5.91 Å². The van der Waals surface area contributed by atoms with Crippen LogP contribution in [0.1, 0.15) is 16.7 Å². The van der Waals surface area contributed by atoms with Gasteiger partial charge in [-0.15, -0.1) is 0 Å². The third-order valence-corrected chi connectivity index (χ3v) is 6.55. The van der Waals surface area contributed by atoms with Gasteiger partial charge in [-0.25, -0.2) is 8.42 Å². The summed E-state index contributed by atoms with van der Waals surface area (Å²) in [6.07, 6.45) is 3.29. The summed E-state index contributed by atoms with van der Waals surface area (Å²) in [5, 5.41) is 3.24. The highest BCUT2D eigenvalue weighted by Crippen LogP contribution is 2.29. The number of anilines is 1. The lowest BCUT2D eigenvalue weighted by Gasteiger charge is -2.26. The molecule has 1 N–H and O–H groups in total. The number of nitrogens with one attached hydrogen (secondary N) is 1. The number of sulfonamides is 1. The number of rotatable bonds is 7. The Balaban J connectivity index is 1.91. The molecule has 3 aromatic rings. The zero-order valence-electron chi connectivity index (χ0n) is 16.7. The Morgan fingerprint density at radius 1 is 1.10 bits per heavy atom. The number of aryl methyl sites for hydroxylation is 2. The molecular formula is C22H22ClN3O3S. The molecule has 0 aliphatic rings. The molecule has 0 saturated heterocycles. The van der Waals surface area contributed by atoms with Gasteiger partial charge in [0.1, 0.15) is 6.54 Å². The van der Waals surface area contributed by atoms with Crippen molar-refractivity contribution in [3.05, 3.63) is 88.7 Å². The summed E-state index contributed by atoms with van der Waals surface area (Å²) < 4.78 is 27.9. The van der Waals surface area contributed by atoms with Crippen LogP contribution >= 0.6 is 11.6 Å². The van der Waals surface area contributed by atoms with Gasteiger partial charge in [0, 0.05) is 24.0 Å². The van der Waals surface area contributed by atoms with Gasteiger partial charge in [0.25, 0.3) is 10.0 Å². The third kappa shape index (κ3) is 5.17. The van der Waals surface area contributed by atoms with E-state index in [1.807, 2.05) is 13.0 Å². The lowest BCUT2D eigenvalue weighted by atomic mass is 10.2. The topological polar surface area (TPSA) is 79.4 Å². The summed E-state index contributed by atoms with van der Waals surface area (Å²) >= 11 is 6.04. The van der Waals surface area contributed by atoms with Gasteiger partial charge in [-0.3, -0.25) is 14.1 Å². The fourth-order valence-corrected chi connectivity index (χ4v) is 4.64. The molecule has 156 valence electrons. The monoisotopic (exact) mass is 443 g/mol. The Bertz CT molecular complexity index is 1130. The van der Waals surface area contributed by atoms with Gasteiger partial charge >= 0.3 is 0 Å². The summed E-state index contributed by atoms with van der Waals surface area (Å²) in [5.74, 6) is -0.427. The first kappa shape index (κ1) is 21.8. The Morgan fingerprint density at radius 2 is 1.83 bits per heavy atom. The summed E-state index contributed by atoms with van der Waals surface area (Å²) in [5.41, 5.74) is 2.81. The average molecular weight is 444 g/mol. The fourth-order valence-electron chi connectivity index (χ4n) is 2.93. The van der Waals surface area contributed by atoms with Crippen molar-refractivity contribution in [2.75, 3.05) is 10.8 Å². The van der Waals surface area contributed by atoms with Crippen LogP contribution < -0.4 is 9.62 Å². The Hall–Kier alpha value is -2.90. The predicted molar refractivity (Wildman–Crippen MR) is 118 cm³/mol.